The predicted octanol–water partition coefficient (Wildman–Crippen LogP) is 2.98. The Morgan fingerprint density at radius 3 is 2.25 bits per heavy atom. The van der Waals surface area contributed by atoms with E-state index in [1.54, 1.807) is 0 Å². The number of rotatable bonds is 6. The third-order valence-corrected chi connectivity index (χ3v) is 5.42. The van der Waals surface area contributed by atoms with Crippen LogP contribution in [0.4, 0.5) is 10.6 Å². The number of carboxylic acid groups (broad SMARTS) is 1. The molecule has 2 amide bonds. The molecule has 0 bridgehead atoms. The van der Waals surface area contributed by atoms with Gasteiger partial charge in [-0.15, -0.1) is 0 Å². The van der Waals surface area contributed by atoms with Crippen molar-refractivity contribution in [3.8, 4) is 11.1 Å². The average molecular weight is 434 g/mol. The van der Waals surface area contributed by atoms with Crippen LogP contribution in [-0.4, -0.2) is 45.5 Å². The summed E-state index contributed by atoms with van der Waals surface area (Å²) in [5.74, 6) is -1.71. The van der Waals surface area contributed by atoms with Crippen molar-refractivity contribution in [1.29, 1.82) is 0 Å². The summed E-state index contributed by atoms with van der Waals surface area (Å²) >= 11 is 0. The second-order valence-corrected chi connectivity index (χ2v) is 7.52. The van der Waals surface area contributed by atoms with Gasteiger partial charge in [0, 0.05) is 19.0 Å². The Balaban J connectivity index is 1.35. The summed E-state index contributed by atoms with van der Waals surface area (Å²) in [5.41, 5.74) is 4.37. The van der Waals surface area contributed by atoms with Gasteiger partial charge in [-0.25, -0.2) is 9.59 Å². The largest absolute Gasteiger partial charge is 0.477 e. The molecule has 1 aromatic heterocycles. The highest BCUT2D eigenvalue weighted by Gasteiger charge is 2.29. The van der Waals surface area contributed by atoms with Gasteiger partial charge in [-0.2, -0.15) is 5.10 Å². The van der Waals surface area contributed by atoms with Crippen molar-refractivity contribution in [2.75, 3.05) is 11.9 Å². The van der Waals surface area contributed by atoms with E-state index >= 15 is 0 Å². The summed E-state index contributed by atoms with van der Waals surface area (Å²) in [6, 6.07) is 16.3. The Labute approximate surface area is 184 Å². The lowest BCUT2D eigenvalue weighted by molar-refractivity contribution is -0.117. The van der Waals surface area contributed by atoms with Crippen molar-refractivity contribution in [3.63, 3.8) is 0 Å². The number of benzene rings is 2. The molecule has 1 aliphatic rings. The molecule has 164 valence electrons. The van der Waals surface area contributed by atoms with Crippen molar-refractivity contribution in [3.05, 3.63) is 71.4 Å². The third-order valence-electron chi connectivity index (χ3n) is 5.42. The van der Waals surface area contributed by atoms with E-state index in [-0.39, 0.29) is 24.0 Å². The van der Waals surface area contributed by atoms with Gasteiger partial charge in [0.25, 0.3) is 0 Å². The molecule has 0 unspecified atom stereocenters. The number of anilines is 1. The molecule has 32 heavy (non-hydrogen) atoms. The van der Waals surface area contributed by atoms with Gasteiger partial charge < -0.3 is 20.5 Å². The highest BCUT2D eigenvalue weighted by molar-refractivity contribution is 5.96. The quantitative estimate of drug-likeness (QED) is 0.548. The molecular formula is C23H22N4O5. The Hall–Kier alpha value is -4.14. The number of hydrogen-bond donors (Lipinski definition) is 3. The molecule has 0 aliphatic heterocycles. The number of nitrogens with zero attached hydrogens (tertiary/aromatic N) is 2. The summed E-state index contributed by atoms with van der Waals surface area (Å²) in [6.45, 7) is 1.63. The van der Waals surface area contributed by atoms with E-state index < -0.39 is 24.0 Å². The van der Waals surface area contributed by atoms with Crippen LogP contribution in [0.1, 0.15) is 34.5 Å². The molecular weight excluding hydrogens is 412 g/mol. The zero-order valence-electron chi connectivity index (χ0n) is 17.5. The highest BCUT2D eigenvalue weighted by atomic mass is 16.5. The van der Waals surface area contributed by atoms with E-state index in [0.717, 1.165) is 26.9 Å². The molecule has 4 rings (SSSR count). The minimum atomic E-state index is -1.16. The highest BCUT2D eigenvalue weighted by Crippen LogP contribution is 2.44. The van der Waals surface area contributed by atoms with Crippen molar-refractivity contribution in [1.82, 2.24) is 15.1 Å². The van der Waals surface area contributed by atoms with Crippen LogP contribution in [0.15, 0.2) is 54.6 Å². The van der Waals surface area contributed by atoms with Gasteiger partial charge in [0.2, 0.25) is 5.91 Å². The zero-order chi connectivity index (χ0) is 22.8. The van der Waals surface area contributed by atoms with Crippen molar-refractivity contribution in [2.24, 2.45) is 7.05 Å². The van der Waals surface area contributed by atoms with Crippen LogP contribution in [0.2, 0.25) is 0 Å². The minimum absolute atomic E-state index is 0.0718. The number of carbonyl (C=O) groups excluding carboxylic acids is 2. The maximum absolute atomic E-state index is 12.3. The normalized spacial score (nSPS) is 13.1. The minimum Gasteiger partial charge on any atom is -0.477 e. The van der Waals surface area contributed by atoms with Crippen molar-refractivity contribution >= 4 is 23.8 Å². The van der Waals surface area contributed by atoms with Gasteiger partial charge in [-0.3, -0.25) is 9.48 Å². The Kier molecular flexibility index (Phi) is 5.63. The lowest BCUT2D eigenvalue weighted by Crippen LogP contribution is -2.42. The molecule has 2 aromatic carbocycles. The summed E-state index contributed by atoms with van der Waals surface area (Å²) in [4.78, 5) is 35.8. The van der Waals surface area contributed by atoms with Crippen molar-refractivity contribution < 1.29 is 24.2 Å². The number of ether oxygens (including phenoxy) is 1. The number of amides is 2. The number of aromatic carboxylic acids is 1. The van der Waals surface area contributed by atoms with Crippen LogP contribution in [-0.2, 0) is 16.6 Å². The monoisotopic (exact) mass is 434 g/mol. The fourth-order valence-corrected chi connectivity index (χ4v) is 3.85. The summed E-state index contributed by atoms with van der Waals surface area (Å²) < 4.78 is 6.58. The molecule has 9 heteroatoms. The molecule has 3 N–H and O–H groups in total. The fourth-order valence-electron chi connectivity index (χ4n) is 3.85. The number of nitrogens with one attached hydrogen (secondary N) is 2. The van der Waals surface area contributed by atoms with Crippen molar-refractivity contribution in [2.45, 2.75) is 18.9 Å². The SMILES string of the molecule is C[C@@H](NC(=O)OCC1c2ccccc2-c2ccccc21)C(=O)Nc1cc(C(=O)O)n(C)n1. The molecule has 3 aromatic rings. The van der Waals surface area contributed by atoms with Crippen LogP contribution < -0.4 is 10.6 Å². The number of carboxylic acids is 1. The van der Waals surface area contributed by atoms with E-state index in [1.165, 1.54) is 20.0 Å². The maximum Gasteiger partial charge on any atom is 0.407 e. The van der Waals surface area contributed by atoms with Gasteiger partial charge in [-0.1, -0.05) is 48.5 Å². The number of alkyl carbamates (subject to hydrolysis) is 1. The number of hydrogen-bond acceptors (Lipinski definition) is 5. The predicted molar refractivity (Wildman–Crippen MR) is 116 cm³/mol. The first kappa shape index (κ1) is 21.1. The molecule has 0 radical (unpaired) electrons. The lowest BCUT2D eigenvalue weighted by atomic mass is 9.98. The molecule has 1 atom stereocenters. The topological polar surface area (TPSA) is 123 Å². The molecule has 0 saturated heterocycles. The van der Waals surface area contributed by atoms with Gasteiger partial charge >= 0.3 is 12.1 Å². The fraction of sp³-hybridized carbons (Fsp3) is 0.217. The first-order chi connectivity index (χ1) is 15.3. The van der Waals surface area contributed by atoms with Gasteiger partial charge in [0.1, 0.15) is 18.3 Å². The number of carbonyl (C=O) groups is 3. The second kappa shape index (κ2) is 8.54. The Morgan fingerprint density at radius 2 is 1.69 bits per heavy atom. The van der Waals surface area contributed by atoms with E-state index in [0.29, 0.717) is 0 Å². The second-order valence-electron chi connectivity index (χ2n) is 7.52. The standard InChI is InChI=1S/C23H22N4O5/c1-13(21(28)25-20-11-19(22(29)30)27(2)26-20)24-23(31)32-12-18-16-9-5-3-7-14(16)15-8-4-6-10-17(15)18/h3-11,13,18H,12H2,1-2H3,(H,24,31)(H,29,30)(H,25,26,28)/t13-/m1/s1. The summed E-state index contributed by atoms with van der Waals surface area (Å²) in [6.07, 6.45) is -0.721. The zero-order valence-corrected chi connectivity index (χ0v) is 17.5. The van der Waals surface area contributed by atoms with Gasteiger partial charge in [0.05, 0.1) is 0 Å². The molecule has 0 fully saturated rings. The van der Waals surface area contributed by atoms with Crippen LogP contribution in [0.25, 0.3) is 11.1 Å². The Bertz CT molecular complexity index is 1160. The third kappa shape index (κ3) is 4.04. The van der Waals surface area contributed by atoms with Crippen LogP contribution in [0.3, 0.4) is 0 Å². The van der Waals surface area contributed by atoms with E-state index in [4.69, 9.17) is 9.84 Å². The van der Waals surface area contributed by atoms with E-state index in [1.807, 2.05) is 48.5 Å². The Morgan fingerprint density at radius 1 is 1.09 bits per heavy atom. The summed E-state index contributed by atoms with van der Waals surface area (Å²) in [5, 5.41) is 18.0. The molecule has 0 spiro atoms. The van der Waals surface area contributed by atoms with E-state index in [9.17, 15) is 14.4 Å². The number of fused-ring (bicyclic) bond motifs is 3. The number of aromatic nitrogens is 2. The first-order valence-corrected chi connectivity index (χ1v) is 10.0. The van der Waals surface area contributed by atoms with Gasteiger partial charge in [-0.05, 0) is 29.2 Å². The van der Waals surface area contributed by atoms with Crippen LogP contribution in [0.5, 0.6) is 0 Å². The van der Waals surface area contributed by atoms with Crippen LogP contribution >= 0.6 is 0 Å². The van der Waals surface area contributed by atoms with Crippen LogP contribution in [0, 0.1) is 0 Å². The first-order valence-electron chi connectivity index (χ1n) is 10.0. The molecule has 9 nitrogen and oxygen atoms in total. The molecule has 0 saturated carbocycles. The lowest BCUT2D eigenvalue weighted by Gasteiger charge is -2.16. The molecule has 1 heterocycles. The van der Waals surface area contributed by atoms with Gasteiger partial charge in [0.15, 0.2) is 5.82 Å². The smallest absolute Gasteiger partial charge is 0.407 e. The number of aryl methyl sites for hydroxylation is 1. The molecule has 1 aliphatic carbocycles. The van der Waals surface area contributed by atoms with E-state index in [2.05, 4.69) is 15.7 Å². The average Bonchev–Trinajstić information content (AvgIpc) is 3.30. The maximum atomic E-state index is 12.3. The summed E-state index contributed by atoms with van der Waals surface area (Å²) in [7, 11) is 1.46.